The van der Waals surface area contributed by atoms with Crippen LogP contribution in [0, 0.1) is 5.92 Å². The first-order valence-electron chi connectivity index (χ1n) is 9.95. The zero-order chi connectivity index (χ0) is 17.3. The van der Waals surface area contributed by atoms with Crippen molar-refractivity contribution >= 4 is 5.91 Å². The first-order valence-corrected chi connectivity index (χ1v) is 9.95. The molecule has 1 N–H and O–H groups in total. The molecule has 1 amide bonds. The summed E-state index contributed by atoms with van der Waals surface area (Å²) in [6, 6.07) is 10.5. The van der Waals surface area contributed by atoms with Crippen LogP contribution < -0.4 is 5.32 Å². The highest BCUT2D eigenvalue weighted by Gasteiger charge is 2.27. The van der Waals surface area contributed by atoms with Gasteiger partial charge < -0.3 is 15.0 Å². The van der Waals surface area contributed by atoms with E-state index in [9.17, 15) is 4.79 Å². The summed E-state index contributed by atoms with van der Waals surface area (Å²) in [5.41, 5.74) is 1.37. The summed E-state index contributed by atoms with van der Waals surface area (Å²) in [6.45, 7) is 4.67. The minimum Gasteiger partial charge on any atom is -0.376 e. The summed E-state index contributed by atoms with van der Waals surface area (Å²) >= 11 is 0. The lowest BCUT2D eigenvalue weighted by Gasteiger charge is -2.23. The predicted octanol–water partition coefficient (Wildman–Crippen LogP) is 3.02. The maximum Gasteiger partial charge on any atom is 0.222 e. The van der Waals surface area contributed by atoms with Crippen LogP contribution in [0.15, 0.2) is 30.3 Å². The standard InChI is InChI=1S/C21H32N2O2/c24-21(9-8-19-10-13-22-14-11-19)23-15-12-20(17-23)25-16-4-7-18-5-2-1-3-6-18/h1-3,5-6,19-20,22H,4,7-17H2. The second-order valence-electron chi connectivity index (χ2n) is 7.44. The molecule has 2 saturated heterocycles. The van der Waals surface area contributed by atoms with E-state index < -0.39 is 0 Å². The summed E-state index contributed by atoms with van der Waals surface area (Å²) in [6.07, 6.45) is 7.55. The van der Waals surface area contributed by atoms with E-state index in [0.29, 0.717) is 12.3 Å². The molecule has 0 bridgehead atoms. The zero-order valence-electron chi connectivity index (χ0n) is 15.3. The number of amides is 1. The Balaban J connectivity index is 1.28. The van der Waals surface area contributed by atoms with Crippen LogP contribution in [0.3, 0.4) is 0 Å². The average Bonchev–Trinajstić information content (AvgIpc) is 3.14. The number of nitrogens with zero attached hydrogens (tertiary/aromatic N) is 1. The number of piperidine rings is 1. The van der Waals surface area contributed by atoms with Crippen molar-refractivity contribution in [1.82, 2.24) is 10.2 Å². The molecule has 4 heteroatoms. The lowest BCUT2D eigenvalue weighted by Crippen LogP contribution is -2.32. The van der Waals surface area contributed by atoms with Gasteiger partial charge in [-0.2, -0.15) is 0 Å². The highest BCUT2D eigenvalue weighted by Crippen LogP contribution is 2.20. The minimum atomic E-state index is 0.235. The molecule has 3 rings (SSSR count). The molecule has 2 fully saturated rings. The number of hydrogen-bond acceptors (Lipinski definition) is 3. The third kappa shape index (κ3) is 6.12. The van der Waals surface area contributed by atoms with E-state index >= 15 is 0 Å². The SMILES string of the molecule is O=C(CCC1CCNCC1)N1CCC(OCCCc2ccccc2)C1. The fourth-order valence-electron chi connectivity index (χ4n) is 3.92. The Morgan fingerprint density at radius 1 is 1.16 bits per heavy atom. The Kier molecular flexibility index (Phi) is 7.31. The van der Waals surface area contributed by atoms with Crippen LogP contribution in [0.4, 0.5) is 0 Å². The van der Waals surface area contributed by atoms with Gasteiger partial charge in [0.05, 0.1) is 6.10 Å². The monoisotopic (exact) mass is 344 g/mol. The second-order valence-corrected chi connectivity index (χ2v) is 7.44. The van der Waals surface area contributed by atoms with Crippen molar-refractivity contribution in [1.29, 1.82) is 0 Å². The van der Waals surface area contributed by atoms with E-state index in [4.69, 9.17) is 4.74 Å². The molecule has 2 heterocycles. The molecule has 25 heavy (non-hydrogen) atoms. The van der Waals surface area contributed by atoms with Crippen molar-refractivity contribution in [2.75, 3.05) is 32.8 Å². The summed E-state index contributed by atoms with van der Waals surface area (Å²) < 4.78 is 6.00. The topological polar surface area (TPSA) is 41.6 Å². The summed E-state index contributed by atoms with van der Waals surface area (Å²) in [7, 11) is 0. The van der Waals surface area contributed by atoms with Gasteiger partial charge in [-0.1, -0.05) is 30.3 Å². The average molecular weight is 344 g/mol. The molecule has 138 valence electrons. The predicted molar refractivity (Wildman–Crippen MR) is 101 cm³/mol. The van der Waals surface area contributed by atoms with Crippen molar-refractivity contribution in [3.8, 4) is 0 Å². The van der Waals surface area contributed by atoms with Gasteiger partial charge in [-0.05, 0) is 63.1 Å². The van der Waals surface area contributed by atoms with Gasteiger partial charge in [0.15, 0.2) is 0 Å². The lowest BCUT2D eigenvalue weighted by atomic mass is 9.93. The molecule has 1 aromatic rings. The summed E-state index contributed by atoms with van der Waals surface area (Å²) in [5, 5.41) is 3.39. The van der Waals surface area contributed by atoms with E-state index in [1.165, 1.54) is 18.4 Å². The fraction of sp³-hybridized carbons (Fsp3) is 0.667. The third-order valence-electron chi connectivity index (χ3n) is 5.53. The van der Waals surface area contributed by atoms with Crippen LogP contribution in [0.25, 0.3) is 0 Å². The number of carbonyl (C=O) groups is 1. The Morgan fingerprint density at radius 3 is 2.76 bits per heavy atom. The number of ether oxygens (including phenoxy) is 1. The largest absolute Gasteiger partial charge is 0.376 e. The molecule has 1 aromatic carbocycles. The smallest absolute Gasteiger partial charge is 0.222 e. The molecule has 0 aliphatic carbocycles. The fourth-order valence-corrected chi connectivity index (χ4v) is 3.92. The molecule has 1 unspecified atom stereocenters. The second kappa shape index (κ2) is 9.93. The quantitative estimate of drug-likeness (QED) is 0.737. The first kappa shape index (κ1) is 18.4. The number of nitrogens with one attached hydrogen (secondary N) is 1. The van der Waals surface area contributed by atoms with Crippen molar-refractivity contribution in [2.24, 2.45) is 5.92 Å². The van der Waals surface area contributed by atoms with E-state index in [1.54, 1.807) is 0 Å². The number of hydrogen-bond donors (Lipinski definition) is 1. The molecular formula is C21H32N2O2. The van der Waals surface area contributed by atoms with Crippen molar-refractivity contribution < 1.29 is 9.53 Å². The van der Waals surface area contributed by atoms with Gasteiger partial charge in [0.25, 0.3) is 0 Å². The molecule has 2 aliphatic heterocycles. The van der Waals surface area contributed by atoms with E-state index in [0.717, 1.165) is 64.4 Å². The number of aryl methyl sites for hydroxylation is 1. The van der Waals surface area contributed by atoms with Gasteiger partial charge in [-0.25, -0.2) is 0 Å². The summed E-state index contributed by atoms with van der Waals surface area (Å²) in [5.74, 6) is 1.06. The van der Waals surface area contributed by atoms with Crippen LogP contribution in [0.2, 0.25) is 0 Å². The van der Waals surface area contributed by atoms with E-state index in [-0.39, 0.29) is 6.10 Å². The maximum atomic E-state index is 12.4. The first-order chi connectivity index (χ1) is 12.3. The van der Waals surface area contributed by atoms with Crippen LogP contribution in [0.5, 0.6) is 0 Å². The van der Waals surface area contributed by atoms with Gasteiger partial charge in [0.2, 0.25) is 5.91 Å². The third-order valence-corrected chi connectivity index (χ3v) is 5.53. The molecule has 0 aromatic heterocycles. The normalized spacial score (nSPS) is 21.6. The zero-order valence-corrected chi connectivity index (χ0v) is 15.3. The van der Waals surface area contributed by atoms with Crippen molar-refractivity contribution in [2.45, 2.75) is 51.0 Å². The van der Waals surface area contributed by atoms with Gasteiger partial charge >= 0.3 is 0 Å². The Bertz CT molecular complexity index is 514. The number of likely N-dealkylation sites (tertiary alicyclic amines) is 1. The minimum absolute atomic E-state index is 0.235. The Morgan fingerprint density at radius 2 is 1.96 bits per heavy atom. The maximum absolute atomic E-state index is 12.4. The van der Waals surface area contributed by atoms with Crippen LogP contribution >= 0.6 is 0 Å². The Labute approximate surface area is 151 Å². The van der Waals surface area contributed by atoms with E-state index in [2.05, 4.69) is 35.6 Å². The van der Waals surface area contributed by atoms with Crippen LogP contribution in [0.1, 0.15) is 44.1 Å². The molecule has 0 spiro atoms. The number of rotatable bonds is 8. The summed E-state index contributed by atoms with van der Waals surface area (Å²) in [4.78, 5) is 14.4. The number of carbonyl (C=O) groups excluding carboxylic acids is 1. The van der Waals surface area contributed by atoms with Crippen molar-refractivity contribution in [3.05, 3.63) is 35.9 Å². The molecule has 0 radical (unpaired) electrons. The Hall–Kier alpha value is -1.39. The van der Waals surface area contributed by atoms with Crippen molar-refractivity contribution in [3.63, 3.8) is 0 Å². The lowest BCUT2D eigenvalue weighted by molar-refractivity contribution is -0.131. The van der Waals surface area contributed by atoms with E-state index in [1.807, 2.05) is 4.90 Å². The highest BCUT2D eigenvalue weighted by atomic mass is 16.5. The van der Waals surface area contributed by atoms with Gasteiger partial charge in [0.1, 0.15) is 0 Å². The molecule has 1 atom stereocenters. The molecule has 2 aliphatic rings. The number of benzene rings is 1. The molecule has 4 nitrogen and oxygen atoms in total. The van der Waals surface area contributed by atoms with Gasteiger partial charge in [-0.15, -0.1) is 0 Å². The van der Waals surface area contributed by atoms with Crippen LogP contribution in [-0.4, -0.2) is 49.7 Å². The van der Waals surface area contributed by atoms with Gasteiger partial charge in [0, 0.05) is 26.1 Å². The van der Waals surface area contributed by atoms with Gasteiger partial charge in [-0.3, -0.25) is 4.79 Å². The highest BCUT2D eigenvalue weighted by molar-refractivity contribution is 5.76. The van der Waals surface area contributed by atoms with Crippen LogP contribution in [-0.2, 0) is 16.0 Å². The molecular weight excluding hydrogens is 312 g/mol. The molecule has 0 saturated carbocycles.